The number of nitrogens with one attached hydrogen (secondary N) is 1. The smallest absolute Gasteiger partial charge is 0.282 e. The Labute approximate surface area is 238 Å². The summed E-state index contributed by atoms with van der Waals surface area (Å²) in [5.74, 6) is -0.225. The van der Waals surface area contributed by atoms with Crippen LogP contribution in [0.3, 0.4) is 0 Å². The number of likely N-dealkylation sites (tertiary alicyclic amines) is 1. The lowest BCUT2D eigenvalue weighted by molar-refractivity contribution is -0.136. The van der Waals surface area contributed by atoms with Crippen LogP contribution >= 0.6 is 0 Å². The number of amides is 3. The van der Waals surface area contributed by atoms with Gasteiger partial charge in [0.2, 0.25) is 11.8 Å². The molecule has 2 aromatic rings. The molecule has 3 amide bonds. The van der Waals surface area contributed by atoms with Gasteiger partial charge in [-0.2, -0.15) is 12.8 Å². The molecule has 11 nitrogen and oxygen atoms in total. The number of hydrogen-bond acceptors (Lipinski definition) is 8. The van der Waals surface area contributed by atoms with Gasteiger partial charge in [-0.05, 0) is 56.8 Å². The van der Waals surface area contributed by atoms with E-state index in [4.69, 9.17) is 10.5 Å². The van der Waals surface area contributed by atoms with Crippen molar-refractivity contribution >= 4 is 34.0 Å². The quantitative estimate of drug-likeness (QED) is 0.387. The molecule has 2 fully saturated rings. The highest BCUT2D eigenvalue weighted by molar-refractivity contribution is 7.90. The molecule has 4 aliphatic heterocycles. The monoisotopic (exact) mass is 577 g/mol. The summed E-state index contributed by atoms with van der Waals surface area (Å²) in [7, 11) is -3.81. The highest BCUT2D eigenvalue weighted by Crippen LogP contribution is 2.49. The molecule has 3 N–H and O–H groups in total. The van der Waals surface area contributed by atoms with Crippen molar-refractivity contribution in [2.24, 2.45) is 10.1 Å². The zero-order chi connectivity index (χ0) is 28.8. The van der Waals surface area contributed by atoms with Crippen molar-refractivity contribution in [1.29, 1.82) is 0 Å². The van der Waals surface area contributed by atoms with Gasteiger partial charge in [0.1, 0.15) is 11.8 Å². The maximum atomic E-state index is 13.2. The van der Waals surface area contributed by atoms with Crippen molar-refractivity contribution in [3.8, 4) is 5.75 Å². The Morgan fingerprint density at radius 1 is 1.12 bits per heavy atom. The minimum Gasteiger partial charge on any atom is -0.492 e. The van der Waals surface area contributed by atoms with Gasteiger partial charge in [0, 0.05) is 46.9 Å². The number of nitrogens with two attached hydrogens (primary N) is 1. The fourth-order valence-electron chi connectivity index (χ4n) is 6.22. The second kappa shape index (κ2) is 10.4. The molecule has 4 aliphatic rings. The van der Waals surface area contributed by atoms with Gasteiger partial charge >= 0.3 is 0 Å². The predicted molar refractivity (Wildman–Crippen MR) is 150 cm³/mol. The average Bonchev–Trinajstić information content (AvgIpc) is 3.50. The number of fused-ring (bicyclic) bond motifs is 4. The summed E-state index contributed by atoms with van der Waals surface area (Å²) in [6.07, 6.45) is 4.86. The number of carbonyl (C=O) groups excluding carboxylic acids is 3. The Bertz CT molecular complexity index is 1580. The second-order valence-corrected chi connectivity index (χ2v) is 12.6. The number of carbonyl (C=O) groups is 3. The zero-order valence-corrected chi connectivity index (χ0v) is 23.2. The average molecular weight is 578 g/mol. The number of benzene rings is 2. The van der Waals surface area contributed by atoms with Crippen molar-refractivity contribution in [3.63, 3.8) is 0 Å². The summed E-state index contributed by atoms with van der Waals surface area (Å²) >= 11 is 0. The van der Waals surface area contributed by atoms with Gasteiger partial charge in [-0.3, -0.25) is 24.6 Å². The van der Waals surface area contributed by atoms with Crippen LogP contribution in [0.2, 0.25) is 0 Å². The highest BCUT2D eigenvalue weighted by atomic mass is 32.2. The summed E-state index contributed by atoms with van der Waals surface area (Å²) < 4.78 is 35.1. The molecule has 4 heterocycles. The highest BCUT2D eigenvalue weighted by Gasteiger charge is 2.47. The second-order valence-electron chi connectivity index (χ2n) is 11.0. The first-order valence-corrected chi connectivity index (χ1v) is 15.1. The molecule has 1 unspecified atom stereocenters. The van der Waals surface area contributed by atoms with Gasteiger partial charge in [-0.15, -0.1) is 0 Å². The van der Waals surface area contributed by atoms with Gasteiger partial charge < -0.3 is 15.4 Å². The number of rotatable bonds is 6. The zero-order valence-electron chi connectivity index (χ0n) is 22.4. The van der Waals surface area contributed by atoms with E-state index in [0.717, 1.165) is 42.8 Å². The molecule has 214 valence electrons. The molecular formula is C29H31N5O6S. The molecule has 2 saturated heterocycles. The van der Waals surface area contributed by atoms with Gasteiger partial charge in [0.05, 0.1) is 18.0 Å². The van der Waals surface area contributed by atoms with Crippen LogP contribution in [0.1, 0.15) is 47.2 Å². The number of piperidine rings is 2. The van der Waals surface area contributed by atoms with E-state index in [1.165, 1.54) is 24.5 Å². The van der Waals surface area contributed by atoms with E-state index in [9.17, 15) is 22.8 Å². The van der Waals surface area contributed by atoms with E-state index in [-0.39, 0.29) is 35.1 Å². The van der Waals surface area contributed by atoms with E-state index < -0.39 is 22.0 Å². The van der Waals surface area contributed by atoms with Gasteiger partial charge in [0.25, 0.3) is 15.9 Å². The summed E-state index contributed by atoms with van der Waals surface area (Å²) in [6, 6.07) is 11.2. The van der Waals surface area contributed by atoms with Crippen LogP contribution in [0.5, 0.6) is 5.75 Å². The standard InChI is InChI=1S/C29H31N5O6S/c30-14-19(15-31-41(38,39)20-4-2-1-3-5-20)16-33-12-10-29(11-13-33)18-40-26-22-17-34(24-8-9-25(35)32-27(24)36)28(37)21(22)6-7-23(26)29/h1-7,14-15,24H,8-13,16-18,30H2,(H,32,35,36). The lowest BCUT2D eigenvalue weighted by Crippen LogP contribution is -2.52. The van der Waals surface area contributed by atoms with Crippen LogP contribution in [0.4, 0.5) is 0 Å². The minimum atomic E-state index is -3.81. The fourth-order valence-corrected chi connectivity index (χ4v) is 7.12. The summed E-state index contributed by atoms with van der Waals surface area (Å²) in [4.78, 5) is 41.1. The topological polar surface area (TPSA) is 151 Å². The SMILES string of the molecule is NC=C(C=NS(=O)(=O)c1ccccc1)CN1CCC2(CC1)COc1c2ccc2c1CN(C1CCC(=O)NC1=O)C2=O. The molecule has 6 rings (SSSR count). The molecule has 0 aromatic heterocycles. The number of imide groups is 1. The van der Waals surface area contributed by atoms with Crippen LogP contribution < -0.4 is 15.8 Å². The van der Waals surface area contributed by atoms with E-state index in [0.29, 0.717) is 30.7 Å². The van der Waals surface area contributed by atoms with E-state index >= 15 is 0 Å². The molecule has 0 saturated carbocycles. The Morgan fingerprint density at radius 3 is 2.59 bits per heavy atom. The van der Waals surface area contributed by atoms with Gasteiger partial charge in [0.15, 0.2) is 0 Å². The Kier molecular flexibility index (Phi) is 6.90. The van der Waals surface area contributed by atoms with Gasteiger partial charge in [-0.25, -0.2) is 0 Å². The van der Waals surface area contributed by atoms with Crippen LogP contribution in [-0.2, 0) is 31.6 Å². The molecule has 2 aromatic carbocycles. The Morgan fingerprint density at radius 2 is 1.88 bits per heavy atom. The van der Waals surface area contributed by atoms with E-state index in [1.54, 1.807) is 23.1 Å². The van der Waals surface area contributed by atoms with Crippen LogP contribution in [0.15, 0.2) is 63.5 Å². The molecule has 0 bridgehead atoms. The van der Waals surface area contributed by atoms with E-state index in [1.807, 2.05) is 12.1 Å². The third kappa shape index (κ3) is 4.91. The molecule has 12 heteroatoms. The first kappa shape index (κ1) is 27.2. The minimum absolute atomic E-state index is 0.126. The Balaban J connectivity index is 1.12. The largest absolute Gasteiger partial charge is 0.492 e. The third-order valence-electron chi connectivity index (χ3n) is 8.56. The van der Waals surface area contributed by atoms with Crippen LogP contribution in [0.25, 0.3) is 0 Å². The molecule has 1 atom stereocenters. The van der Waals surface area contributed by atoms with Crippen molar-refractivity contribution < 1.29 is 27.5 Å². The number of sulfonamides is 1. The van der Waals surface area contributed by atoms with Gasteiger partial charge in [-0.1, -0.05) is 24.3 Å². The maximum Gasteiger partial charge on any atom is 0.282 e. The van der Waals surface area contributed by atoms with Crippen LogP contribution in [-0.4, -0.2) is 74.4 Å². The number of nitrogens with zero attached hydrogens (tertiary/aromatic N) is 3. The number of hydrogen-bond donors (Lipinski definition) is 2. The number of ether oxygens (including phenoxy) is 1. The lowest BCUT2D eigenvalue weighted by Gasteiger charge is -2.38. The van der Waals surface area contributed by atoms with Crippen LogP contribution in [0, 0.1) is 0 Å². The molecular weight excluding hydrogens is 546 g/mol. The van der Waals surface area contributed by atoms with Crippen molar-refractivity contribution in [3.05, 3.63) is 70.9 Å². The summed E-state index contributed by atoms with van der Waals surface area (Å²) in [5, 5.41) is 2.34. The first-order chi connectivity index (χ1) is 19.7. The molecule has 0 radical (unpaired) electrons. The molecule has 1 spiro atoms. The Hall–Kier alpha value is -4.03. The van der Waals surface area contributed by atoms with Crippen molar-refractivity contribution in [1.82, 2.24) is 15.1 Å². The fraction of sp³-hybridized carbons (Fsp3) is 0.379. The summed E-state index contributed by atoms with van der Waals surface area (Å²) in [5.41, 5.74) is 8.66. The molecule has 0 aliphatic carbocycles. The van der Waals surface area contributed by atoms with E-state index in [2.05, 4.69) is 14.6 Å². The third-order valence-corrected chi connectivity index (χ3v) is 9.81. The maximum absolute atomic E-state index is 13.2. The lowest BCUT2D eigenvalue weighted by atomic mass is 9.74. The molecule has 41 heavy (non-hydrogen) atoms. The predicted octanol–water partition coefficient (Wildman–Crippen LogP) is 1.48. The first-order valence-electron chi connectivity index (χ1n) is 13.6. The summed E-state index contributed by atoms with van der Waals surface area (Å²) in [6.45, 7) is 2.75. The normalized spacial score (nSPS) is 22.6. The van der Waals surface area contributed by atoms with Crippen molar-refractivity contribution in [2.75, 3.05) is 26.2 Å². The van der Waals surface area contributed by atoms with Crippen molar-refractivity contribution in [2.45, 2.75) is 48.6 Å².